The lowest BCUT2D eigenvalue weighted by Gasteiger charge is -2.32. The molecule has 5 rings (SSSR count). The molecule has 1 saturated carbocycles. The predicted octanol–water partition coefficient (Wildman–Crippen LogP) is 1.98. The highest BCUT2D eigenvalue weighted by molar-refractivity contribution is 5.69. The van der Waals surface area contributed by atoms with Crippen LogP contribution in [0.25, 0.3) is 5.70 Å². The van der Waals surface area contributed by atoms with Gasteiger partial charge in [0.15, 0.2) is 0 Å². The molecule has 1 saturated heterocycles. The first kappa shape index (κ1) is 16.2. The molecule has 1 aliphatic carbocycles. The van der Waals surface area contributed by atoms with Gasteiger partial charge in [0.1, 0.15) is 5.75 Å². The number of nitrogens with one attached hydrogen (secondary N) is 2. The Morgan fingerprint density at radius 1 is 1.15 bits per heavy atom. The minimum absolute atomic E-state index is 0.813. The Balaban J connectivity index is 1.38. The molecule has 3 aliphatic heterocycles. The summed E-state index contributed by atoms with van der Waals surface area (Å²) in [5.41, 5.74) is 8.86. The molecule has 0 amide bonds. The van der Waals surface area contributed by atoms with Gasteiger partial charge in [0.25, 0.3) is 0 Å². The van der Waals surface area contributed by atoms with Crippen LogP contribution >= 0.6 is 0 Å². The van der Waals surface area contributed by atoms with Crippen LogP contribution in [0.2, 0.25) is 0 Å². The van der Waals surface area contributed by atoms with Crippen molar-refractivity contribution in [1.29, 1.82) is 0 Å². The van der Waals surface area contributed by atoms with E-state index in [1.54, 1.807) is 0 Å². The predicted molar refractivity (Wildman–Crippen MR) is 104 cm³/mol. The Hall–Kier alpha value is -1.98. The van der Waals surface area contributed by atoms with Crippen molar-refractivity contribution in [2.45, 2.75) is 19.3 Å². The van der Waals surface area contributed by atoms with Gasteiger partial charge >= 0.3 is 0 Å². The average molecular weight is 352 g/mol. The summed E-state index contributed by atoms with van der Waals surface area (Å²) >= 11 is 0. The van der Waals surface area contributed by atoms with Gasteiger partial charge in [-0.2, -0.15) is 0 Å². The molecule has 5 nitrogen and oxygen atoms in total. The Morgan fingerprint density at radius 2 is 2.04 bits per heavy atom. The van der Waals surface area contributed by atoms with Gasteiger partial charge in [0, 0.05) is 51.9 Å². The topological polar surface area (TPSA) is 39.8 Å². The van der Waals surface area contributed by atoms with Crippen LogP contribution in [0.1, 0.15) is 24.0 Å². The van der Waals surface area contributed by atoms with E-state index in [-0.39, 0.29) is 0 Å². The second-order valence-electron chi connectivity index (χ2n) is 7.92. The highest BCUT2D eigenvalue weighted by Gasteiger charge is 2.26. The van der Waals surface area contributed by atoms with Crippen LogP contribution in [-0.4, -0.2) is 55.8 Å². The molecule has 1 aromatic rings. The number of ether oxygens (including phenoxy) is 1. The van der Waals surface area contributed by atoms with Crippen molar-refractivity contribution < 1.29 is 4.74 Å². The second-order valence-corrected chi connectivity index (χ2v) is 7.92. The summed E-state index contributed by atoms with van der Waals surface area (Å²) in [5, 5.41) is 5.76. The van der Waals surface area contributed by atoms with Crippen molar-refractivity contribution in [3.63, 3.8) is 0 Å². The summed E-state index contributed by atoms with van der Waals surface area (Å²) in [7, 11) is 0. The molecule has 0 unspecified atom stereocenters. The maximum atomic E-state index is 5.67. The first-order chi connectivity index (χ1) is 12.8. The third kappa shape index (κ3) is 3.60. The van der Waals surface area contributed by atoms with E-state index in [1.807, 2.05) is 0 Å². The van der Waals surface area contributed by atoms with E-state index >= 15 is 0 Å². The smallest absolute Gasteiger partial charge is 0.122 e. The number of hydrazine groups is 1. The molecule has 0 aromatic heterocycles. The fourth-order valence-electron chi connectivity index (χ4n) is 4.03. The Morgan fingerprint density at radius 3 is 2.88 bits per heavy atom. The minimum atomic E-state index is 0.813. The summed E-state index contributed by atoms with van der Waals surface area (Å²) in [6, 6.07) is 6.61. The molecule has 1 aromatic carbocycles. The zero-order valence-corrected chi connectivity index (χ0v) is 15.3. The molecule has 0 radical (unpaired) electrons. The van der Waals surface area contributed by atoms with Gasteiger partial charge in [-0.25, -0.2) is 0 Å². The van der Waals surface area contributed by atoms with Crippen molar-refractivity contribution in [1.82, 2.24) is 20.7 Å². The molecule has 2 N–H and O–H groups in total. The van der Waals surface area contributed by atoms with Crippen molar-refractivity contribution in [2.75, 3.05) is 45.9 Å². The number of hydrogen-bond donors (Lipinski definition) is 2. The summed E-state index contributed by atoms with van der Waals surface area (Å²) in [6.07, 6.45) is 8.41. The number of rotatable bonds is 5. The third-order valence-electron chi connectivity index (χ3n) is 5.68. The SMILES string of the molecule is C1=C(CN2CCNCC2)C=C(c2ccc3c(c2)CCO3)NN1CC1CC1. The summed E-state index contributed by atoms with van der Waals surface area (Å²) < 4.78 is 5.67. The maximum absolute atomic E-state index is 5.67. The molecule has 2 fully saturated rings. The molecular formula is C21H28N4O. The molecule has 3 heterocycles. The molecule has 138 valence electrons. The molecule has 5 heteroatoms. The number of fused-ring (bicyclic) bond motifs is 1. The fraction of sp³-hybridized carbons (Fsp3) is 0.524. The van der Waals surface area contributed by atoms with Gasteiger partial charge in [-0.15, -0.1) is 0 Å². The number of nitrogens with zero attached hydrogens (tertiary/aromatic N) is 2. The highest BCUT2D eigenvalue weighted by atomic mass is 16.5. The van der Waals surface area contributed by atoms with Crippen molar-refractivity contribution in [2.24, 2.45) is 5.92 Å². The van der Waals surface area contributed by atoms with Gasteiger partial charge in [-0.3, -0.25) is 15.3 Å². The lowest BCUT2D eigenvalue weighted by atomic mass is 10.0. The molecule has 0 atom stereocenters. The van der Waals surface area contributed by atoms with Gasteiger partial charge in [0.05, 0.1) is 12.3 Å². The van der Waals surface area contributed by atoms with Gasteiger partial charge in [-0.05, 0) is 59.7 Å². The van der Waals surface area contributed by atoms with Crippen LogP contribution in [0.3, 0.4) is 0 Å². The van der Waals surface area contributed by atoms with Crippen LogP contribution in [-0.2, 0) is 6.42 Å². The first-order valence-corrected chi connectivity index (χ1v) is 9.98. The zero-order valence-electron chi connectivity index (χ0n) is 15.3. The summed E-state index contributed by atoms with van der Waals surface area (Å²) in [5.74, 6) is 1.91. The van der Waals surface area contributed by atoms with Gasteiger partial charge in [-0.1, -0.05) is 0 Å². The van der Waals surface area contributed by atoms with E-state index in [0.717, 1.165) is 64.0 Å². The Kier molecular flexibility index (Phi) is 4.35. The molecule has 4 aliphatic rings. The summed E-state index contributed by atoms with van der Waals surface area (Å²) in [6.45, 7) is 7.41. The molecule has 26 heavy (non-hydrogen) atoms. The molecule has 0 spiro atoms. The van der Waals surface area contributed by atoms with E-state index < -0.39 is 0 Å². The lowest BCUT2D eigenvalue weighted by molar-refractivity contribution is 0.254. The van der Waals surface area contributed by atoms with Crippen LogP contribution in [0, 0.1) is 5.92 Å². The summed E-state index contributed by atoms with van der Waals surface area (Å²) in [4.78, 5) is 2.55. The van der Waals surface area contributed by atoms with Crippen LogP contribution in [0.4, 0.5) is 0 Å². The van der Waals surface area contributed by atoms with Crippen LogP contribution in [0.15, 0.2) is 36.0 Å². The van der Waals surface area contributed by atoms with Crippen molar-refractivity contribution >= 4 is 5.70 Å². The van der Waals surface area contributed by atoms with E-state index in [0.29, 0.717) is 0 Å². The number of hydrogen-bond acceptors (Lipinski definition) is 5. The van der Waals surface area contributed by atoms with Gasteiger partial charge in [0.2, 0.25) is 0 Å². The molecule has 0 bridgehead atoms. The highest BCUT2D eigenvalue weighted by Crippen LogP contribution is 2.32. The van der Waals surface area contributed by atoms with Gasteiger partial charge < -0.3 is 10.1 Å². The normalized spacial score (nSPS) is 23.0. The quantitative estimate of drug-likeness (QED) is 0.848. The fourth-order valence-corrected chi connectivity index (χ4v) is 4.03. The molecular weight excluding hydrogens is 324 g/mol. The number of piperazine rings is 1. The third-order valence-corrected chi connectivity index (χ3v) is 5.68. The average Bonchev–Trinajstić information content (AvgIpc) is 3.35. The second kappa shape index (κ2) is 6.97. The zero-order chi connectivity index (χ0) is 17.3. The first-order valence-electron chi connectivity index (χ1n) is 9.98. The van der Waals surface area contributed by atoms with E-state index in [4.69, 9.17) is 4.74 Å². The van der Waals surface area contributed by atoms with Crippen molar-refractivity contribution in [3.05, 3.63) is 47.2 Å². The lowest BCUT2D eigenvalue weighted by Crippen LogP contribution is -2.45. The largest absolute Gasteiger partial charge is 0.493 e. The van der Waals surface area contributed by atoms with Crippen LogP contribution < -0.4 is 15.5 Å². The Bertz CT molecular complexity index is 732. The monoisotopic (exact) mass is 352 g/mol. The Labute approximate surface area is 155 Å². The maximum Gasteiger partial charge on any atom is 0.122 e. The van der Waals surface area contributed by atoms with E-state index in [2.05, 4.69) is 51.1 Å². The standard InChI is InChI=1S/C21H28N4O/c1-2-16(1)14-25-15-17(13-24-8-6-22-7-9-24)11-20(23-25)18-3-4-21-19(12-18)5-10-26-21/h3-4,11-12,15-16,22-23H,1-2,5-10,13-14H2. The van der Waals surface area contributed by atoms with E-state index in [9.17, 15) is 0 Å². The van der Waals surface area contributed by atoms with E-state index in [1.165, 1.54) is 35.2 Å². The van der Waals surface area contributed by atoms with Crippen LogP contribution in [0.5, 0.6) is 5.75 Å². The number of benzene rings is 1. The van der Waals surface area contributed by atoms with Crippen molar-refractivity contribution in [3.8, 4) is 5.75 Å². The minimum Gasteiger partial charge on any atom is -0.493 e.